The molecule has 1 amide bonds. The largest absolute Gasteiger partial charge is 0.452 e. The average Bonchev–Trinajstić information content (AvgIpc) is 1.90. The highest BCUT2D eigenvalue weighted by Crippen LogP contribution is 1.91. The van der Waals surface area contributed by atoms with Crippen molar-refractivity contribution in [2.75, 3.05) is 7.11 Å². The number of hydrogen-bond donors (Lipinski definition) is 0. The molecule has 0 spiro atoms. The van der Waals surface area contributed by atoms with Crippen molar-refractivity contribution < 1.29 is 9.53 Å². The maximum Gasteiger partial charge on any atom is 0.417 e. The summed E-state index contributed by atoms with van der Waals surface area (Å²) in [6.07, 6.45) is 2.15. The Morgan fingerprint density at radius 2 is 2.00 bits per heavy atom. The molecule has 0 aromatic heterocycles. The molecule has 0 aliphatic rings. The predicted octanol–water partition coefficient (Wildman–Crippen LogP) is 1.34. The quantitative estimate of drug-likeness (QED) is 0.560. The lowest BCUT2D eigenvalue weighted by molar-refractivity contribution is 0.152. The molecule has 0 N–H and O–H groups in total. The van der Waals surface area contributed by atoms with Gasteiger partial charge in [0.15, 0.2) is 0 Å². The van der Waals surface area contributed by atoms with Gasteiger partial charge in [0.2, 0.25) is 0 Å². The van der Waals surface area contributed by atoms with Crippen LogP contribution in [0.3, 0.4) is 0 Å². The molecule has 3 nitrogen and oxygen atoms in total. The zero-order valence-electron chi connectivity index (χ0n) is 5.33. The maximum atomic E-state index is 10.5. The maximum absolute atomic E-state index is 10.5. The van der Waals surface area contributed by atoms with E-state index >= 15 is 0 Å². The van der Waals surface area contributed by atoms with Crippen LogP contribution in [0.15, 0.2) is 25.6 Å². The second-order valence-electron chi connectivity index (χ2n) is 1.24. The minimum absolute atomic E-state index is 0.486. The Labute approximate surface area is 54.2 Å². The summed E-state index contributed by atoms with van der Waals surface area (Å²) in [6.45, 7) is 6.71. The summed E-state index contributed by atoms with van der Waals surface area (Å²) in [5.41, 5.74) is 0. The van der Waals surface area contributed by atoms with Crippen molar-refractivity contribution in [3.8, 4) is 0 Å². The number of methoxy groups -OCH3 is 1. The van der Waals surface area contributed by atoms with Gasteiger partial charge in [-0.3, -0.25) is 4.90 Å². The number of nitrogens with zero attached hydrogens (tertiary/aromatic N) is 1. The van der Waals surface area contributed by atoms with Crippen LogP contribution in [0.4, 0.5) is 4.79 Å². The lowest BCUT2D eigenvalue weighted by atomic mass is 10.7. The van der Waals surface area contributed by atoms with Gasteiger partial charge in [0, 0.05) is 12.4 Å². The third kappa shape index (κ3) is 1.99. The fraction of sp³-hybridized carbons (Fsp3) is 0.167. The van der Waals surface area contributed by atoms with Crippen LogP contribution in [0.1, 0.15) is 0 Å². The third-order valence-electron chi connectivity index (χ3n) is 0.779. The van der Waals surface area contributed by atoms with Crippen molar-refractivity contribution in [3.63, 3.8) is 0 Å². The van der Waals surface area contributed by atoms with Gasteiger partial charge in [-0.2, -0.15) is 0 Å². The topological polar surface area (TPSA) is 29.5 Å². The van der Waals surface area contributed by atoms with Crippen molar-refractivity contribution in [2.24, 2.45) is 0 Å². The first-order valence-corrected chi connectivity index (χ1v) is 2.37. The molecule has 0 bridgehead atoms. The molecule has 0 fully saturated rings. The van der Waals surface area contributed by atoms with Crippen molar-refractivity contribution in [3.05, 3.63) is 25.6 Å². The van der Waals surface area contributed by atoms with Crippen LogP contribution in [0.2, 0.25) is 0 Å². The van der Waals surface area contributed by atoms with Gasteiger partial charge in [-0.15, -0.1) is 0 Å². The van der Waals surface area contributed by atoms with E-state index < -0.39 is 6.09 Å². The Hall–Kier alpha value is -1.25. The van der Waals surface area contributed by atoms with E-state index in [0.717, 1.165) is 4.90 Å². The van der Waals surface area contributed by atoms with Gasteiger partial charge >= 0.3 is 6.09 Å². The summed E-state index contributed by atoms with van der Waals surface area (Å²) in [5, 5.41) is 0. The van der Waals surface area contributed by atoms with Gasteiger partial charge in [0.1, 0.15) is 0 Å². The molecule has 0 atom stereocenters. The summed E-state index contributed by atoms with van der Waals surface area (Å²) in [5.74, 6) is 0. The normalized spacial score (nSPS) is 7.67. The Bertz CT molecular complexity index is 123. The molecule has 0 rings (SSSR count). The van der Waals surface area contributed by atoms with Crippen LogP contribution in [0, 0.1) is 0 Å². The molecule has 0 aliphatic heterocycles. The lowest BCUT2D eigenvalue weighted by Crippen LogP contribution is -2.18. The van der Waals surface area contributed by atoms with Crippen LogP contribution < -0.4 is 0 Å². The fourth-order valence-corrected chi connectivity index (χ4v) is 0.329. The average molecular weight is 127 g/mol. The van der Waals surface area contributed by atoms with Crippen molar-refractivity contribution in [2.45, 2.75) is 0 Å². The predicted molar refractivity (Wildman–Crippen MR) is 34.6 cm³/mol. The van der Waals surface area contributed by atoms with E-state index in [9.17, 15) is 4.79 Å². The molecule has 9 heavy (non-hydrogen) atoms. The SMILES string of the molecule is C=CN(C=C)C(=O)OC. The van der Waals surface area contributed by atoms with E-state index in [1.165, 1.54) is 19.5 Å². The highest BCUT2D eigenvalue weighted by Gasteiger charge is 2.02. The molecule has 0 saturated carbocycles. The Kier molecular flexibility index (Phi) is 3.20. The molecule has 0 aromatic rings. The van der Waals surface area contributed by atoms with E-state index in [1.54, 1.807) is 0 Å². The molecule has 0 saturated heterocycles. The molecule has 0 radical (unpaired) electrons. The van der Waals surface area contributed by atoms with Crippen LogP contribution in [-0.2, 0) is 4.74 Å². The highest BCUT2D eigenvalue weighted by atomic mass is 16.5. The summed E-state index contributed by atoms with van der Waals surface area (Å²) in [4.78, 5) is 11.7. The number of carbonyl (C=O) groups is 1. The van der Waals surface area contributed by atoms with Gasteiger partial charge in [0.25, 0.3) is 0 Å². The van der Waals surface area contributed by atoms with Crippen molar-refractivity contribution >= 4 is 6.09 Å². The van der Waals surface area contributed by atoms with Gasteiger partial charge in [-0.05, 0) is 0 Å². The second kappa shape index (κ2) is 3.72. The smallest absolute Gasteiger partial charge is 0.417 e. The standard InChI is InChI=1S/C6H9NO2/c1-4-7(5-2)6(8)9-3/h4-5H,1-2H2,3H3. The number of amides is 1. The van der Waals surface area contributed by atoms with Gasteiger partial charge in [-0.25, -0.2) is 4.79 Å². The monoisotopic (exact) mass is 127 g/mol. The Morgan fingerprint density at radius 1 is 1.56 bits per heavy atom. The number of ether oxygens (including phenoxy) is 1. The van der Waals surface area contributed by atoms with Gasteiger partial charge in [0.05, 0.1) is 7.11 Å². The van der Waals surface area contributed by atoms with E-state index in [1.807, 2.05) is 0 Å². The number of carbonyl (C=O) groups excluding carboxylic acids is 1. The van der Waals surface area contributed by atoms with Crippen LogP contribution in [0.5, 0.6) is 0 Å². The summed E-state index contributed by atoms with van der Waals surface area (Å²) < 4.78 is 4.34. The fourth-order valence-electron chi connectivity index (χ4n) is 0.329. The van der Waals surface area contributed by atoms with Crippen LogP contribution in [0.25, 0.3) is 0 Å². The Morgan fingerprint density at radius 3 is 2.11 bits per heavy atom. The van der Waals surface area contributed by atoms with Crippen molar-refractivity contribution in [1.82, 2.24) is 4.90 Å². The molecular formula is C6H9NO2. The molecule has 0 heterocycles. The van der Waals surface area contributed by atoms with E-state index in [-0.39, 0.29) is 0 Å². The lowest BCUT2D eigenvalue weighted by Gasteiger charge is -2.08. The molecule has 0 aromatic carbocycles. The summed E-state index contributed by atoms with van der Waals surface area (Å²) in [7, 11) is 1.29. The first-order chi connectivity index (χ1) is 4.26. The summed E-state index contributed by atoms with van der Waals surface area (Å²) >= 11 is 0. The third-order valence-corrected chi connectivity index (χ3v) is 0.779. The van der Waals surface area contributed by atoms with E-state index in [4.69, 9.17) is 0 Å². The van der Waals surface area contributed by atoms with Crippen LogP contribution in [-0.4, -0.2) is 18.1 Å². The van der Waals surface area contributed by atoms with E-state index in [0.29, 0.717) is 0 Å². The first kappa shape index (κ1) is 7.75. The highest BCUT2D eigenvalue weighted by molar-refractivity contribution is 5.69. The zero-order valence-corrected chi connectivity index (χ0v) is 5.33. The Balaban J connectivity index is 3.93. The second-order valence-corrected chi connectivity index (χ2v) is 1.24. The van der Waals surface area contributed by atoms with Crippen molar-refractivity contribution in [1.29, 1.82) is 0 Å². The molecule has 0 unspecified atom stereocenters. The first-order valence-electron chi connectivity index (χ1n) is 2.37. The molecule has 0 aliphatic carbocycles. The summed E-state index contributed by atoms with van der Waals surface area (Å²) in [6, 6.07) is 0. The van der Waals surface area contributed by atoms with E-state index in [2.05, 4.69) is 17.9 Å². The molecule has 3 heteroatoms. The molecular weight excluding hydrogens is 118 g/mol. The van der Waals surface area contributed by atoms with Crippen LogP contribution >= 0.6 is 0 Å². The number of rotatable bonds is 2. The zero-order chi connectivity index (χ0) is 7.28. The minimum Gasteiger partial charge on any atom is -0.452 e. The van der Waals surface area contributed by atoms with Gasteiger partial charge < -0.3 is 4.74 Å². The van der Waals surface area contributed by atoms with Gasteiger partial charge in [-0.1, -0.05) is 13.2 Å². The number of hydrogen-bond acceptors (Lipinski definition) is 2. The minimum atomic E-state index is -0.486. The molecule has 50 valence electrons.